The van der Waals surface area contributed by atoms with Crippen LogP contribution in [0.1, 0.15) is 10.4 Å². The number of carbonyl (C=O) groups is 1. The number of ether oxygens (including phenoxy) is 2. The summed E-state index contributed by atoms with van der Waals surface area (Å²) in [6.07, 6.45) is 0. The first-order chi connectivity index (χ1) is 12.1. The van der Waals surface area contributed by atoms with Crippen molar-refractivity contribution < 1.29 is 18.9 Å². The Kier molecular flexibility index (Phi) is 4.85. The minimum absolute atomic E-state index is 0.210. The molecule has 0 spiro atoms. The Bertz CT molecular complexity index is 893. The molecule has 0 saturated heterocycles. The number of nitrogens with one attached hydrogen (secondary N) is 1. The molecule has 2 aromatic carbocycles. The van der Waals surface area contributed by atoms with Gasteiger partial charge in [-0.15, -0.1) is 0 Å². The number of nitrogens with zero attached hydrogens (tertiary/aromatic N) is 2. The lowest BCUT2D eigenvalue weighted by atomic mass is 10.1. The van der Waals surface area contributed by atoms with E-state index in [0.717, 1.165) is 5.56 Å². The van der Waals surface area contributed by atoms with E-state index in [4.69, 9.17) is 25.7 Å². The molecule has 0 bridgehead atoms. The molecule has 0 aliphatic carbocycles. The van der Waals surface area contributed by atoms with Gasteiger partial charge in [0, 0.05) is 11.1 Å². The Hall–Kier alpha value is -3.06. The topological polar surface area (TPSA) is 86.5 Å². The van der Waals surface area contributed by atoms with Gasteiger partial charge >= 0.3 is 0 Å². The number of hydrogen-bond donors (Lipinski definition) is 1. The van der Waals surface area contributed by atoms with Crippen molar-refractivity contribution in [3.8, 4) is 22.8 Å². The molecule has 0 unspecified atom stereocenters. The van der Waals surface area contributed by atoms with Crippen molar-refractivity contribution in [3.63, 3.8) is 0 Å². The number of benzene rings is 2. The van der Waals surface area contributed by atoms with Gasteiger partial charge in [0.25, 0.3) is 5.91 Å². The van der Waals surface area contributed by atoms with Crippen molar-refractivity contribution >= 4 is 23.3 Å². The number of rotatable bonds is 5. The first-order valence-corrected chi connectivity index (χ1v) is 7.62. The quantitative estimate of drug-likeness (QED) is 0.748. The molecule has 0 radical (unpaired) electrons. The molecule has 3 rings (SSSR count). The van der Waals surface area contributed by atoms with E-state index < -0.39 is 5.91 Å². The van der Waals surface area contributed by atoms with Crippen LogP contribution in [0.4, 0.5) is 5.82 Å². The maximum Gasteiger partial charge on any atom is 0.257 e. The standard InChI is InChI=1S/C17H14ClN3O4/c1-23-12-6-3-10(4-7-12)15-16(21-25-20-15)19-17(22)11-5-8-14(24-2)13(18)9-11/h3-9H,1-2H3,(H,19,21,22). The molecule has 0 saturated carbocycles. The minimum Gasteiger partial charge on any atom is -0.497 e. The van der Waals surface area contributed by atoms with Crippen molar-refractivity contribution in [2.75, 3.05) is 19.5 Å². The van der Waals surface area contributed by atoms with E-state index in [1.165, 1.54) is 13.2 Å². The first-order valence-electron chi connectivity index (χ1n) is 7.24. The molecular formula is C17H14ClN3O4. The van der Waals surface area contributed by atoms with Gasteiger partial charge in [-0.2, -0.15) is 0 Å². The van der Waals surface area contributed by atoms with Crippen LogP contribution in [0.25, 0.3) is 11.3 Å². The van der Waals surface area contributed by atoms with Gasteiger partial charge in [-0.3, -0.25) is 4.79 Å². The second kappa shape index (κ2) is 7.23. The van der Waals surface area contributed by atoms with Crippen molar-refractivity contribution in [1.82, 2.24) is 10.3 Å². The van der Waals surface area contributed by atoms with E-state index >= 15 is 0 Å². The van der Waals surface area contributed by atoms with E-state index in [1.807, 2.05) is 0 Å². The van der Waals surface area contributed by atoms with Gasteiger partial charge in [0.2, 0.25) is 5.82 Å². The molecule has 8 heteroatoms. The molecule has 3 aromatic rings. The molecule has 0 aliphatic heterocycles. The highest BCUT2D eigenvalue weighted by Gasteiger charge is 2.17. The average molecular weight is 360 g/mol. The Labute approximate surface area is 148 Å². The lowest BCUT2D eigenvalue weighted by Gasteiger charge is -2.06. The molecule has 0 atom stereocenters. The SMILES string of the molecule is COc1ccc(-c2nonc2NC(=O)c2ccc(OC)c(Cl)c2)cc1. The second-order valence-electron chi connectivity index (χ2n) is 4.99. The molecule has 1 heterocycles. The highest BCUT2D eigenvalue weighted by atomic mass is 35.5. The number of aromatic nitrogens is 2. The summed E-state index contributed by atoms with van der Waals surface area (Å²) in [5, 5.41) is 10.6. The van der Waals surface area contributed by atoms with Crippen molar-refractivity contribution in [3.05, 3.63) is 53.1 Å². The van der Waals surface area contributed by atoms with E-state index in [-0.39, 0.29) is 5.82 Å². The third-order valence-corrected chi connectivity index (χ3v) is 3.79. The molecule has 1 aromatic heterocycles. The van der Waals surface area contributed by atoms with Crippen LogP contribution in [0.3, 0.4) is 0 Å². The third kappa shape index (κ3) is 3.56. The Morgan fingerprint density at radius 1 is 1.08 bits per heavy atom. The number of methoxy groups -OCH3 is 2. The predicted octanol–water partition coefficient (Wildman–Crippen LogP) is 3.66. The summed E-state index contributed by atoms with van der Waals surface area (Å²) < 4.78 is 14.9. The van der Waals surface area contributed by atoms with E-state index in [2.05, 4.69) is 15.6 Å². The van der Waals surface area contributed by atoms with Crippen molar-refractivity contribution in [2.24, 2.45) is 0 Å². The van der Waals surface area contributed by atoms with E-state index in [1.54, 1.807) is 43.5 Å². The fraction of sp³-hybridized carbons (Fsp3) is 0.118. The highest BCUT2D eigenvalue weighted by molar-refractivity contribution is 6.32. The molecule has 0 fully saturated rings. The smallest absolute Gasteiger partial charge is 0.257 e. The summed E-state index contributed by atoms with van der Waals surface area (Å²) in [6.45, 7) is 0. The lowest BCUT2D eigenvalue weighted by Crippen LogP contribution is -2.13. The summed E-state index contributed by atoms with van der Waals surface area (Å²) in [5.74, 6) is 1.01. The van der Waals surface area contributed by atoms with Gasteiger partial charge < -0.3 is 14.8 Å². The molecule has 1 N–H and O–H groups in total. The van der Waals surface area contributed by atoms with Crippen LogP contribution in [0, 0.1) is 0 Å². The molecule has 0 aliphatic rings. The fourth-order valence-electron chi connectivity index (χ4n) is 2.20. The van der Waals surface area contributed by atoms with E-state index in [9.17, 15) is 4.79 Å². The third-order valence-electron chi connectivity index (χ3n) is 3.50. The zero-order chi connectivity index (χ0) is 17.8. The number of carbonyl (C=O) groups excluding carboxylic acids is 1. The Morgan fingerprint density at radius 2 is 1.84 bits per heavy atom. The van der Waals surface area contributed by atoms with Crippen molar-refractivity contribution in [2.45, 2.75) is 0 Å². The normalized spacial score (nSPS) is 10.4. The summed E-state index contributed by atoms with van der Waals surface area (Å²) in [7, 11) is 3.08. The van der Waals surface area contributed by atoms with Crippen LogP contribution >= 0.6 is 11.6 Å². The van der Waals surface area contributed by atoms with Crippen LogP contribution in [-0.4, -0.2) is 30.4 Å². The second-order valence-corrected chi connectivity index (χ2v) is 5.40. The highest BCUT2D eigenvalue weighted by Crippen LogP contribution is 2.28. The Balaban J connectivity index is 1.83. The van der Waals surface area contributed by atoms with Crippen LogP contribution in [0.5, 0.6) is 11.5 Å². The van der Waals surface area contributed by atoms with Gasteiger partial charge in [0.1, 0.15) is 11.5 Å². The largest absolute Gasteiger partial charge is 0.497 e. The van der Waals surface area contributed by atoms with E-state index in [0.29, 0.717) is 27.8 Å². The summed E-state index contributed by atoms with van der Waals surface area (Å²) in [6, 6.07) is 11.9. The van der Waals surface area contributed by atoms with Crippen LogP contribution < -0.4 is 14.8 Å². The number of hydrogen-bond acceptors (Lipinski definition) is 6. The van der Waals surface area contributed by atoms with Gasteiger partial charge in [-0.05, 0) is 52.8 Å². The number of amides is 1. The zero-order valence-corrected chi connectivity index (χ0v) is 14.2. The molecule has 128 valence electrons. The first kappa shape index (κ1) is 16.8. The Morgan fingerprint density at radius 3 is 2.48 bits per heavy atom. The molecule has 1 amide bonds. The van der Waals surface area contributed by atoms with Gasteiger partial charge in [0.15, 0.2) is 5.69 Å². The van der Waals surface area contributed by atoms with Crippen LogP contribution in [-0.2, 0) is 0 Å². The lowest BCUT2D eigenvalue weighted by molar-refractivity contribution is 0.102. The summed E-state index contributed by atoms with van der Waals surface area (Å²) in [4.78, 5) is 12.4. The molecular weight excluding hydrogens is 346 g/mol. The van der Waals surface area contributed by atoms with Gasteiger partial charge in [-0.1, -0.05) is 11.6 Å². The fourth-order valence-corrected chi connectivity index (χ4v) is 2.45. The van der Waals surface area contributed by atoms with Gasteiger partial charge in [0.05, 0.1) is 19.2 Å². The maximum absolute atomic E-state index is 12.4. The number of anilines is 1. The monoisotopic (exact) mass is 359 g/mol. The van der Waals surface area contributed by atoms with Crippen molar-refractivity contribution in [1.29, 1.82) is 0 Å². The summed E-state index contributed by atoms with van der Waals surface area (Å²) >= 11 is 6.05. The van der Waals surface area contributed by atoms with Crippen LogP contribution in [0.2, 0.25) is 5.02 Å². The predicted molar refractivity (Wildman–Crippen MR) is 92.2 cm³/mol. The average Bonchev–Trinajstić information content (AvgIpc) is 3.09. The van der Waals surface area contributed by atoms with Gasteiger partial charge in [-0.25, -0.2) is 4.63 Å². The maximum atomic E-state index is 12.4. The zero-order valence-electron chi connectivity index (χ0n) is 13.4. The molecule has 25 heavy (non-hydrogen) atoms. The van der Waals surface area contributed by atoms with Crippen LogP contribution in [0.15, 0.2) is 47.1 Å². The molecule has 7 nitrogen and oxygen atoms in total. The summed E-state index contributed by atoms with van der Waals surface area (Å²) in [5.41, 5.74) is 1.50. The number of halogens is 1. The minimum atomic E-state index is -0.394.